The van der Waals surface area contributed by atoms with Gasteiger partial charge in [0.15, 0.2) is 5.96 Å². The van der Waals surface area contributed by atoms with Crippen LogP contribution in [0.1, 0.15) is 11.1 Å². The lowest BCUT2D eigenvalue weighted by molar-refractivity contribution is 0.374. The number of benzene rings is 1. The number of hydrogen-bond donors (Lipinski definition) is 2. The lowest BCUT2D eigenvalue weighted by Gasteiger charge is -2.37. The number of piperazine rings is 1. The van der Waals surface area contributed by atoms with E-state index in [1.165, 1.54) is 27.0 Å². The summed E-state index contributed by atoms with van der Waals surface area (Å²) in [5.41, 5.74) is 3.91. The molecule has 0 amide bonds. The van der Waals surface area contributed by atoms with Gasteiger partial charge >= 0.3 is 0 Å². The zero-order valence-corrected chi connectivity index (χ0v) is 16.9. The van der Waals surface area contributed by atoms with Crippen molar-refractivity contribution in [3.8, 4) is 0 Å². The fourth-order valence-electron chi connectivity index (χ4n) is 3.80. The second-order valence-corrected chi connectivity index (χ2v) is 7.89. The van der Waals surface area contributed by atoms with Gasteiger partial charge in [0.1, 0.15) is 0 Å². The molecule has 0 aliphatic carbocycles. The van der Waals surface area contributed by atoms with Gasteiger partial charge in [-0.25, -0.2) is 0 Å². The van der Waals surface area contributed by atoms with Crippen molar-refractivity contribution in [3.63, 3.8) is 0 Å². The fourth-order valence-corrected chi connectivity index (χ4v) is 4.59. The maximum atomic E-state index is 4.50. The molecule has 0 unspecified atom stereocenters. The van der Waals surface area contributed by atoms with Crippen molar-refractivity contribution in [3.05, 3.63) is 53.0 Å². The highest BCUT2D eigenvalue weighted by Crippen LogP contribution is 2.23. The summed E-state index contributed by atoms with van der Waals surface area (Å²) < 4.78 is 0. The summed E-state index contributed by atoms with van der Waals surface area (Å²) in [4.78, 5) is 12.7. The number of aryl methyl sites for hydroxylation is 1. The Kier molecular flexibility index (Phi) is 5.34. The fraction of sp³-hybridized carbons (Fsp3) is 0.381. The number of fused-ring (bicyclic) bond motifs is 1. The van der Waals surface area contributed by atoms with Crippen LogP contribution in [0.25, 0.3) is 10.9 Å². The summed E-state index contributed by atoms with van der Waals surface area (Å²) in [6.45, 7) is 7.14. The number of hydrogen-bond acceptors (Lipinski definition) is 3. The second-order valence-electron chi connectivity index (χ2n) is 6.96. The zero-order valence-electron chi connectivity index (χ0n) is 16.0. The van der Waals surface area contributed by atoms with E-state index in [1.807, 2.05) is 18.4 Å². The minimum atomic E-state index is 0.888. The van der Waals surface area contributed by atoms with Crippen LogP contribution in [0.3, 0.4) is 0 Å². The highest BCUT2D eigenvalue weighted by molar-refractivity contribution is 7.14. The first-order valence-electron chi connectivity index (χ1n) is 9.56. The van der Waals surface area contributed by atoms with Gasteiger partial charge in [0.05, 0.1) is 5.00 Å². The van der Waals surface area contributed by atoms with Crippen LogP contribution in [-0.4, -0.2) is 55.6 Å². The average Bonchev–Trinajstić information content (AvgIpc) is 3.37. The molecule has 0 saturated carbocycles. The van der Waals surface area contributed by atoms with Crippen LogP contribution in [0, 0.1) is 6.92 Å². The molecule has 3 aromatic rings. The lowest BCUT2D eigenvalue weighted by atomic mass is 10.1. The van der Waals surface area contributed by atoms with Gasteiger partial charge in [-0.2, -0.15) is 0 Å². The smallest absolute Gasteiger partial charge is 0.193 e. The van der Waals surface area contributed by atoms with Gasteiger partial charge in [-0.05, 0) is 42.0 Å². The van der Waals surface area contributed by atoms with E-state index >= 15 is 0 Å². The van der Waals surface area contributed by atoms with Crippen molar-refractivity contribution in [2.75, 3.05) is 44.7 Å². The first kappa shape index (κ1) is 17.9. The van der Waals surface area contributed by atoms with E-state index in [-0.39, 0.29) is 0 Å². The Labute approximate surface area is 164 Å². The maximum Gasteiger partial charge on any atom is 0.193 e. The lowest BCUT2D eigenvalue weighted by Crippen LogP contribution is -2.52. The number of H-pyrrole nitrogens is 1. The average molecular weight is 382 g/mol. The van der Waals surface area contributed by atoms with Crippen LogP contribution in [-0.2, 0) is 6.42 Å². The van der Waals surface area contributed by atoms with E-state index in [0.29, 0.717) is 0 Å². The first-order chi connectivity index (χ1) is 13.3. The Morgan fingerprint density at radius 2 is 2.04 bits per heavy atom. The number of thiophene rings is 1. The van der Waals surface area contributed by atoms with Crippen LogP contribution >= 0.6 is 11.3 Å². The molecule has 0 radical (unpaired) electrons. The third-order valence-electron chi connectivity index (χ3n) is 5.30. The van der Waals surface area contributed by atoms with E-state index < -0.39 is 0 Å². The Morgan fingerprint density at radius 3 is 2.78 bits per heavy atom. The molecule has 1 fully saturated rings. The molecule has 6 heteroatoms. The number of nitrogens with one attached hydrogen (secondary N) is 2. The molecule has 2 aromatic heterocycles. The summed E-state index contributed by atoms with van der Waals surface area (Å²) in [5.74, 6) is 1.01. The van der Waals surface area contributed by atoms with Gasteiger partial charge in [0.25, 0.3) is 0 Å². The Morgan fingerprint density at radius 1 is 1.19 bits per heavy atom. The molecule has 0 bridgehead atoms. The van der Waals surface area contributed by atoms with Crippen molar-refractivity contribution < 1.29 is 0 Å². The predicted octanol–water partition coefficient (Wildman–Crippen LogP) is 3.48. The van der Waals surface area contributed by atoms with Crippen molar-refractivity contribution >= 4 is 33.2 Å². The Bertz CT molecular complexity index is 904. The highest BCUT2D eigenvalue weighted by atomic mass is 32.1. The quantitative estimate of drug-likeness (QED) is 0.537. The summed E-state index contributed by atoms with van der Waals surface area (Å²) in [6.07, 6.45) is 3.12. The Hall–Kier alpha value is -2.47. The number of para-hydroxylation sites is 1. The molecule has 1 aliphatic heterocycles. The van der Waals surface area contributed by atoms with Gasteiger partial charge in [-0.15, -0.1) is 11.3 Å². The molecule has 1 aromatic carbocycles. The molecular formula is C21H27N5S. The maximum absolute atomic E-state index is 4.50. The number of aromatic amines is 1. The number of rotatable bonds is 4. The molecule has 0 atom stereocenters. The number of anilines is 1. The first-order valence-corrected chi connectivity index (χ1v) is 10.4. The van der Waals surface area contributed by atoms with Crippen LogP contribution < -0.4 is 10.2 Å². The molecule has 5 nitrogen and oxygen atoms in total. The number of guanidine groups is 1. The van der Waals surface area contributed by atoms with Crippen molar-refractivity contribution in [2.24, 2.45) is 4.99 Å². The summed E-state index contributed by atoms with van der Waals surface area (Å²) in [6, 6.07) is 10.8. The van der Waals surface area contributed by atoms with Gasteiger partial charge in [0, 0.05) is 56.9 Å². The van der Waals surface area contributed by atoms with Crippen LogP contribution in [0.15, 0.2) is 46.9 Å². The second kappa shape index (κ2) is 8.05. The standard InChI is InChI=1S/C21H27N5S/c1-16-5-3-6-18-17(15-24-20(16)18)8-9-23-21(22-2)26-12-10-25(11-13-26)19-7-4-14-27-19/h3-7,14-15,24H,8-13H2,1-2H3,(H,22,23). The molecule has 142 valence electrons. The van der Waals surface area contributed by atoms with Gasteiger partial charge in [-0.1, -0.05) is 18.2 Å². The molecule has 0 spiro atoms. The third-order valence-corrected chi connectivity index (χ3v) is 6.22. The van der Waals surface area contributed by atoms with Crippen molar-refractivity contribution in [2.45, 2.75) is 13.3 Å². The van der Waals surface area contributed by atoms with Crippen molar-refractivity contribution in [1.82, 2.24) is 15.2 Å². The van der Waals surface area contributed by atoms with Gasteiger partial charge in [-0.3, -0.25) is 4.99 Å². The molecule has 1 aliphatic rings. The minimum Gasteiger partial charge on any atom is -0.361 e. The predicted molar refractivity (Wildman–Crippen MR) is 116 cm³/mol. The largest absolute Gasteiger partial charge is 0.361 e. The molecule has 2 N–H and O–H groups in total. The molecule has 27 heavy (non-hydrogen) atoms. The number of nitrogens with zero attached hydrogens (tertiary/aromatic N) is 3. The topological polar surface area (TPSA) is 46.7 Å². The summed E-state index contributed by atoms with van der Waals surface area (Å²) >= 11 is 1.82. The third kappa shape index (κ3) is 3.81. The van der Waals surface area contributed by atoms with Crippen molar-refractivity contribution in [1.29, 1.82) is 0 Å². The molecule has 1 saturated heterocycles. The van der Waals surface area contributed by atoms with E-state index in [1.54, 1.807) is 0 Å². The van der Waals surface area contributed by atoms with Crippen LogP contribution in [0.2, 0.25) is 0 Å². The monoisotopic (exact) mass is 381 g/mol. The molecular weight excluding hydrogens is 354 g/mol. The number of aromatic nitrogens is 1. The van der Waals surface area contributed by atoms with E-state index in [0.717, 1.165) is 45.1 Å². The van der Waals surface area contributed by atoms with Crippen LogP contribution in [0.4, 0.5) is 5.00 Å². The number of aliphatic imine (C=N–C) groups is 1. The summed E-state index contributed by atoms with van der Waals surface area (Å²) in [7, 11) is 1.88. The molecule has 4 rings (SSSR count). The van der Waals surface area contributed by atoms with E-state index in [9.17, 15) is 0 Å². The van der Waals surface area contributed by atoms with Gasteiger partial charge < -0.3 is 20.1 Å². The zero-order chi connectivity index (χ0) is 18.6. The van der Waals surface area contributed by atoms with E-state index in [2.05, 4.69) is 73.9 Å². The minimum absolute atomic E-state index is 0.888. The SMILES string of the molecule is CN=C(NCCc1c[nH]c2c(C)cccc12)N1CCN(c2cccs2)CC1. The molecule has 3 heterocycles. The van der Waals surface area contributed by atoms with E-state index in [4.69, 9.17) is 0 Å². The van der Waals surface area contributed by atoms with Gasteiger partial charge in [0.2, 0.25) is 0 Å². The van der Waals surface area contributed by atoms with Crippen LogP contribution in [0.5, 0.6) is 0 Å². The normalized spacial score (nSPS) is 15.6. The summed E-state index contributed by atoms with van der Waals surface area (Å²) in [5, 5.41) is 8.40. The Balaban J connectivity index is 1.31. The highest BCUT2D eigenvalue weighted by Gasteiger charge is 2.20.